The summed E-state index contributed by atoms with van der Waals surface area (Å²) in [7, 11) is 2.02. The number of halogens is 1. The summed E-state index contributed by atoms with van der Waals surface area (Å²) in [5.74, 6) is 0.843. The third-order valence-electron chi connectivity index (χ3n) is 3.70. The zero-order valence-corrected chi connectivity index (χ0v) is 13.3. The van der Waals surface area contributed by atoms with Crippen LogP contribution in [0.15, 0.2) is 36.4 Å². The van der Waals surface area contributed by atoms with Crippen molar-refractivity contribution < 1.29 is 4.74 Å². The highest BCUT2D eigenvalue weighted by atomic mass is 35.5. The Bertz CT molecular complexity index is 617. The Morgan fingerprint density at radius 2 is 1.91 bits per heavy atom. The van der Waals surface area contributed by atoms with E-state index in [2.05, 4.69) is 32.1 Å². The Morgan fingerprint density at radius 3 is 2.64 bits per heavy atom. The first kappa shape index (κ1) is 15.1. The molecule has 1 aliphatic rings. The number of rotatable bonds is 4. The Kier molecular flexibility index (Phi) is 4.75. The maximum absolute atomic E-state index is 6.05. The maximum atomic E-state index is 6.05. The van der Waals surface area contributed by atoms with E-state index < -0.39 is 0 Å². The van der Waals surface area contributed by atoms with E-state index in [-0.39, 0.29) is 0 Å². The topological polar surface area (TPSA) is 41.5 Å². The van der Waals surface area contributed by atoms with Crippen LogP contribution >= 0.6 is 11.6 Å². The number of benzene rings is 1. The molecule has 0 N–H and O–H groups in total. The second-order valence-corrected chi connectivity index (χ2v) is 5.70. The van der Waals surface area contributed by atoms with Crippen LogP contribution in [0.25, 0.3) is 0 Å². The number of hydrogen-bond acceptors (Lipinski definition) is 5. The van der Waals surface area contributed by atoms with E-state index in [4.69, 9.17) is 16.3 Å². The summed E-state index contributed by atoms with van der Waals surface area (Å²) in [6.07, 6.45) is 0. The Balaban J connectivity index is 1.85. The van der Waals surface area contributed by atoms with Crippen LogP contribution in [0.1, 0.15) is 5.56 Å². The van der Waals surface area contributed by atoms with Gasteiger partial charge in [0.25, 0.3) is 0 Å². The number of hydrogen-bond donors (Lipinski definition) is 0. The van der Waals surface area contributed by atoms with E-state index in [9.17, 15) is 0 Å². The van der Waals surface area contributed by atoms with Gasteiger partial charge < -0.3 is 14.5 Å². The minimum Gasteiger partial charge on any atom is -0.378 e. The lowest BCUT2D eigenvalue weighted by molar-refractivity contribution is 0.122. The number of ether oxygens (including phenoxy) is 1. The van der Waals surface area contributed by atoms with Crippen LogP contribution in [-0.2, 0) is 11.3 Å². The molecule has 1 aromatic heterocycles. The number of anilines is 2. The third-order valence-corrected chi connectivity index (χ3v) is 3.89. The minimum absolute atomic E-state index is 0.415. The first-order valence-corrected chi connectivity index (χ1v) is 7.73. The van der Waals surface area contributed by atoms with Crippen LogP contribution in [0, 0.1) is 0 Å². The molecule has 0 radical (unpaired) electrons. The molecule has 1 fully saturated rings. The minimum atomic E-state index is 0.415. The third kappa shape index (κ3) is 3.48. The Labute approximate surface area is 135 Å². The van der Waals surface area contributed by atoms with Crippen LogP contribution in [-0.4, -0.2) is 43.5 Å². The van der Waals surface area contributed by atoms with Gasteiger partial charge in [-0.3, -0.25) is 0 Å². The Morgan fingerprint density at radius 1 is 1.18 bits per heavy atom. The predicted octanol–water partition coefficient (Wildman–Crippen LogP) is 2.60. The zero-order valence-electron chi connectivity index (χ0n) is 12.6. The van der Waals surface area contributed by atoms with Crippen molar-refractivity contribution in [3.8, 4) is 0 Å². The molecule has 1 aliphatic heterocycles. The van der Waals surface area contributed by atoms with Gasteiger partial charge in [0.15, 0.2) is 11.0 Å². The summed E-state index contributed by atoms with van der Waals surface area (Å²) in [5, 5.41) is 8.74. The van der Waals surface area contributed by atoms with Crippen LogP contribution in [0.5, 0.6) is 0 Å². The molecule has 0 unspecified atom stereocenters. The average molecular weight is 319 g/mol. The molecule has 0 atom stereocenters. The van der Waals surface area contributed by atoms with E-state index in [1.807, 2.05) is 31.3 Å². The summed E-state index contributed by atoms with van der Waals surface area (Å²) in [6.45, 7) is 3.90. The maximum Gasteiger partial charge on any atom is 0.175 e. The fourth-order valence-corrected chi connectivity index (χ4v) is 2.73. The van der Waals surface area contributed by atoms with Crippen molar-refractivity contribution in [2.24, 2.45) is 0 Å². The lowest BCUT2D eigenvalue weighted by Crippen LogP contribution is -2.37. The second-order valence-electron chi connectivity index (χ2n) is 5.32. The van der Waals surface area contributed by atoms with E-state index >= 15 is 0 Å². The van der Waals surface area contributed by atoms with E-state index in [0.29, 0.717) is 5.15 Å². The number of morpholine rings is 1. The van der Waals surface area contributed by atoms with E-state index in [0.717, 1.165) is 44.4 Å². The fraction of sp³-hybridized carbons (Fsp3) is 0.375. The summed E-state index contributed by atoms with van der Waals surface area (Å²) >= 11 is 6.05. The molecule has 22 heavy (non-hydrogen) atoms. The van der Waals surface area contributed by atoms with Gasteiger partial charge in [-0.05, 0) is 5.56 Å². The summed E-state index contributed by atoms with van der Waals surface area (Å²) in [4.78, 5) is 4.35. The summed E-state index contributed by atoms with van der Waals surface area (Å²) < 4.78 is 5.42. The summed E-state index contributed by atoms with van der Waals surface area (Å²) in [6, 6.07) is 12.2. The van der Waals surface area contributed by atoms with Gasteiger partial charge in [-0.15, -0.1) is 10.2 Å². The molecular weight excluding hydrogens is 300 g/mol. The monoisotopic (exact) mass is 318 g/mol. The number of nitrogens with zero attached hydrogens (tertiary/aromatic N) is 4. The second kappa shape index (κ2) is 6.94. The number of aromatic nitrogens is 2. The Hall–Kier alpha value is -1.85. The molecule has 3 rings (SSSR count). The highest BCUT2D eigenvalue weighted by Crippen LogP contribution is 2.29. The molecule has 2 aromatic rings. The van der Waals surface area contributed by atoms with Crippen molar-refractivity contribution in [1.29, 1.82) is 0 Å². The van der Waals surface area contributed by atoms with Gasteiger partial charge in [-0.1, -0.05) is 41.9 Å². The van der Waals surface area contributed by atoms with Crippen molar-refractivity contribution in [1.82, 2.24) is 10.2 Å². The van der Waals surface area contributed by atoms with E-state index in [1.54, 1.807) is 0 Å². The van der Waals surface area contributed by atoms with E-state index in [1.165, 1.54) is 5.56 Å². The molecule has 6 heteroatoms. The lowest BCUT2D eigenvalue weighted by atomic mass is 10.2. The predicted molar refractivity (Wildman–Crippen MR) is 88.6 cm³/mol. The van der Waals surface area contributed by atoms with Crippen LogP contribution < -0.4 is 9.80 Å². The quantitative estimate of drug-likeness (QED) is 0.867. The van der Waals surface area contributed by atoms with Gasteiger partial charge in [-0.25, -0.2) is 0 Å². The van der Waals surface area contributed by atoms with Gasteiger partial charge >= 0.3 is 0 Å². The molecular formula is C16H19ClN4O. The van der Waals surface area contributed by atoms with Gasteiger partial charge in [-0.2, -0.15) is 0 Å². The molecule has 1 saturated heterocycles. The first-order chi connectivity index (χ1) is 10.7. The van der Waals surface area contributed by atoms with Crippen LogP contribution in [0.3, 0.4) is 0 Å². The molecule has 116 valence electrons. The highest BCUT2D eigenvalue weighted by Gasteiger charge is 2.19. The van der Waals surface area contributed by atoms with Crippen molar-refractivity contribution in [2.45, 2.75) is 6.54 Å². The molecule has 2 heterocycles. The van der Waals surface area contributed by atoms with Crippen LogP contribution in [0.2, 0.25) is 5.15 Å². The molecule has 0 amide bonds. The molecule has 1 aromatic carbocycles. The normalized spacial score (nSPS) is 14.9. The molecule has 0 spiro atoms. The SMILES string of the molecule is CN(Cc1ccccc1)c1nnc(Cl)cc1N1CCOCC1. The smallest absolute Gasteiger partial charge is 0.175 e. The molecule has 0 aliphatic carbocycles. The molecule has 0 bridgehead atoms. The fourth-order valence-electron chi connectivity index (χ4n) is 2.59. The molecule has 0 saturated carbocycles. The van der Waals surface area contributed by atoms with Gasteiger partial charge in [0.05, 0.1) is 18.9 Å². The molecule has 5 nitrogen and oxygen atoms in total. The van der Waals surface area contributed by atoms with Crippen molar-refractivity contribution in [3.63, 3.8) is 0 Å². The standard InChI is InChI=1S/C16H19ClN4O/c1-20(12-13-5-3-2-4-6-13)16-14(11-15(17)18-19-16)21-7-9-22-10-8-21/h2-6,11H,7-10,12H2,1H3. The van der Waals surface area contributed by atoms with Crippen LogP contribution in [0.4, 0.5) is 11.5 Å². The first-order valence-electron chi connectivity index (χ1n) is 7.35. The van der Waals surface area contributed by atoms with Crippen molar-refractivity contribution in [2.75, 3.05) is 43.2 Å². The largest absolute Gasteiger partial charge is 0.378 e. The average Bonchev–Trinajstić information content (AvgIpc) is 2.56. The van der Waals surface area contributed by atoms with Gasteiger partial charge in [0.2, 0.25) is 0 Å². The van der Waals surface area contributed by atoms with Gasteiger partial charge in [0.1, 0.15) is 0 Å². The zero-order chi connectivity index (χ0) is 15.4. The van der Waals surface area contributed by atoms with Crippen molar-refractivity contribution >= 4 is 23.1 Å². The van der Waals surface area contributed by atoms with Gasteiger partial charge in [0, 0.05) is 32.7 Å². The lowest BCUT2D eigenvalue weighted by Gasteiger charge is -2.32. The van der Waals surface area contributed by atoms with Crippen molar-refractivity contribution in [3.05, 3.63) is 47.1 Å². The highest BCUT2D eigenvalue weighted by molar-refractivity contribution is 6.29. The summed E-state index contributed by atoms with van der Waals surface area (Å²) in [5.41, 5.74) is 2.25.